The smallest absolute Gasteiger partial charge is 0.303 e. The fraction of sp³-hybridized carbons (Fsp3) is 0.846. The van der Waals surface area contributed by atoms with Gasteiger partial charge in [0.25, 0.3) is 0 Å². The van der Waals surface area contributed by atoms with Crippen molar-refractivity contribution in [2.24, 2.45) is 5.41 Å². The largest absolute Gasteiger partial charge is 0.481 e. The molecule has 1 fully saturated rings. The summed E-state index contributed by atoms with van der Waals surface area (Å²) in [6, 6.07) is 0. The van der Waals surface area contributed by atoms with Gasteiger partial charge in [-0.05, 0) is 24.5 Å². The molecule has 0 saturated heterocycles. The van der Waals surface area contributed by atoms with Crippen molar-refractivity contribution in [1.29, 1.82) is 0 Å². The van der Waals surface area contributed by atoms with E-state index in [9.17, 15) is 9.59 Å². The van der Waals surface area contributed by atoms with E-state index < -0.39 is 5.97 Å². The number of hydrogen-bond donors (Lipinski definition) is 2. The van der Waals surface area contributed by atoms with E-state index in [4.69, 9.17) is 5.11 Å². The van der Waals surface area contributed by atoms with Crippen LogP contribution in [0.5, 0.6) is 0 Å². The van der Waals surface area contributed by atoms with Crippen LogP contribution in [0.1, 0.15) is 44.9 Å². The molecule has 5 heteroatoms. The van der Waals surface area contributed by atoms with Crippen molar-refractivity contribution in [3.63, 3.8) is 0 Å². The standard InChI is InChI=1S/C13H23NO3S/c1-18-8-5-11(15)14-10-13(9-12(16)17)6-3-2-4-7-13/h2-10H2,1H3,(H,14,15)(H,16,17). The average molecular weight is 273 g/mol. The Morgan fingerprint density at radius 2 is 1.94 bits per heavy atom. The van der Waals surface area contributed by atoms with Crippen molar-refractivity contribution in [3.8, 4) is 0 Å². The monoisotopic (exact) mass is 273 g/mol. The molecule has 1 rings (SSSR count). The quantitative estimate of drug-likeness (QED) is 0.747. The van der Waals surface area contributed by atoms with Crippen LogP contribution in [0.15, 0.2) is 0 Å². The van der Waals surface area contributed by atoms with E-state index >= 15 is 0 Å². The Bertz CT molecular complexity index is 288. The summed E-state index contributed by atoms with van der Waals surface area (Å²) in [7, 11) is 0. The molecule has 0 heterocycles. The third-order valence-corrected chi connectivity index (χ3v) is 4.25. The van der Waals surface area contributed by atoms with Gasteiger partial charge in [-0.1, -0.05) is 19.3 Å². The summed E-state index contributed by atoms with van der Waals surface area (Å²) < 4.78 is 0. The molecule has 104 valence electrons. The highest BCUT2D eigenvalue weighted by molar-refractivity contribution is 7.98. The Kier molecular flexibility index (Phi) is 6.54. The highest BCUT2D eigenvalue weighted by Gasteiger charge is 2.34. The number of carboxylic acid groups (broad SMARTS) is 1. The summed E-state index contributed by atoms with van der Waals surface area (Å²) in [5, 5.41) is 11.9. The first-order chi connectivity index (χ1) is 8.58. The molecule has 0 atom stereocenters. The van der Waals surface area contributed by atoms with Gasteiger partial charge in [-0.3, -0.25) is 9.59 Å². The first kappa shape index (κ1) is 15.3. The van der Waals surface area contributed by atoms with Gasteiger partial charge in [0, 0.05) is 18.7 Å². The topological polar surface area (TPSA) is 66.4 Å². The van der Waals surface area contributed by atoms with Gasteiger partial charge in [0.15, 0.2) is 0 Å². The van der Waals surface area contributed by atoms with Crippen molar-refractivity contribution < 1.29 is 14.7 Å². The lowest BCUT2D eigenvalue weighted by Gasteiger charge is -2.36. The normalized spacial score (nSPS) is 18.3. The van der Waals surface area contributed by atoms with Gasteiger partial charge >= 0.3 is 5.97 Å². The van der Waals surface area contributed by atoms with Crippen LogP contribution in [0.2, 0.25) is 0 Å². The Balaban J connectivity index is 2.45. The number of aliphatic carboxylic acids is 1. The molecule has 2 N–H and O–H groups in total. The molecular weight excluding hydrogens is 250 g/mol. The molecule has 0 unspecified atom stereocenters. The number of amides is 1. The van der Waals surface area contributed by atoms with Crippen LogP contribution in [0, 0.1) is 5.41 Å². The van der Waals surface area contributed by atoms with Gasteiger partial charge < -0.3 is 10.4 Å². The van der Waals surface area contributed by atoms with Crippen LogP contribution in [0.25, 0.3) is 0 Å². The van der Waals surface area contributed by atoms with Crippen LogP contribution in [0.4, 0.5) is 0 Å². The minimum atomic E-state index is -0.754. The lowest BCUT2D eigenvalue weighted by Crippen LogP contribution is -2.40. The number of carbonyl (C=O) groups is 2. The Labute approximate surface area is 113 Å². The maximum atomic E-state index is 11.6. The van der Waals surface area contributed by atoms with E-state index in [1.807, 2.05) is 6.26 Å². The van der Waals surface area contributed by atoms with Gasteiger partial charge in [-0.15, -0.1) is 0 Å². The summed E-state index contributed by atoms with van der Waals surface area (Å²) in [5.41, 5.74) is -0.209. The lowest BCUT2D eigenvalue weighted by atomic mass is 9.71. The number of carbonyl (C=O) groups excluding carboxylic acids is 1. The molecule has 0 aliphatic heterocycles. The highest BCUT2D eigenvalue weighted by atomic mass is 32.2. The van der Waals surface area contributed by atoms with Crippen molar-refractivity contribution in [1.82, 2.24) is 5.32 Å². The Morgan fingerprint density at radius 3 is 2.50 bits per heavy atom. The Morgan fingerprint density at radius 1 is 1.28 bits per heavy atom. The van der Waals surface area contributed by atoms with Gasteiger partial charge in [0.2, 0.25) is 5.91 Å². The van der Waals surface area contributed by atoms with E-state index in [-0.39, 0.29) is 17.7 Å². The molecule has 1 saturated carbocycles. The molecule has 0 aromatic heterocycles. The van der Waals surface area contributed by atoms with Crippen LogP contribution < -0.4 is 5.32 Å². The SMILES string of the molecule is CSCCC(=O)NCC1(CC(=O)O)CCCCC1. The van der Waals surface area contributed by atoms with Crippen LogP contribution >= 0.6 is 11.8 Å². The fourth-order valence-corrected chi connectivity index (χ4v) is 3.00. The van der Waals surface area contributed by atoms with Crippen LogP contribution in [-0.4, -0.2) is 35.5 Å². The first-order valence-corrected chi connectivity index (χ1v) is 7.95. The second-order valence-electron chi connectivity index (χ2n) is 5.15. The van der Waals surface area contributed by atoms with Crippen molar-refractivity contribution in [2.75, 3.05) is 18.6 Å². The third kappa shape index (κ3) is 5.29. The molecule has 1 amide bonds. The van der Waals surface area contributed by atoms with Crippen molar-refractivity contribution in [3.05, 3.63) is 0 Å². The lowest BCUT2D eigenvalue weighted by molar-refractivity contribution is -0.140. The van der Waals surface area contributed by atoms with E-state index in [1.54, 1.807) is 11.8 Å². The van der Waals surface area contributed by atoms with Crippen LogP contribution in [-0.2, 0) is 9.59 Å². The second kappa shape index (κ2) is 7.67. The predicted molar refractivity (Wildman–Crippen MR) is 73.8 cm³/mol. The molecule has 4 nitrogen and oxygen atoms in total. The molecule has 0 radical (unpaired) electrons. The molecule has 18 heavy (non-hydrogen) atoms. The molecule has 1 aliphatic carbocycles. The van der Waals surface area contributed by atoms with Crippen molar-refractivity contribution >= 4 is 23.6 Å². The van der Waals surface area contributed by atoms with Crippen LogP contribution in [0.3, 0.4) is 0 Å². The zero-order valence-corrected chi connectivity index (χ0v) is 11.9. The van der Waals surface area contributed by atoms with Gasteiger partial charge in [-0.2, -0.15) is 11.8 Å². The number of hydrogen-bond acceptors (Lipinski definition) is 3. The third-order valence-electron chi connectivity index (χ3n) is 3.63. The van der Waals surface area contributed by atoms with Gasteiger partial charge in [-0.25, -0.2) is 0 Å². The van der Waals surface area contributed by atoms with E-state index in [0.29, 0.717) is 13.0 Å². The van der Waals surface area contributed by atoms with Gasteiger partial charge in [0.1, 0.15) is 0 Å². The zero-order chi connectivity index (χ0) is 13.4. The summed E-state index contributed by atoms with van der Waals surface area (Å²) in [6.45, 7) is 0.520. The number of nitrogens with one attached hydrogen (secondary N) is 1. The molecule has 0 aromatic rings. The average Bonchev–Trinajstić information content (AvgIpc) is 2.34. The molecular formula is C13H23NO3S. The number of thioether (sulfide) groups is 1. The fourth-order valence-electron chi connectivity index (χ4n) is 2.61. The van der Waals surface area contributed by atoms with E-state index in [1.165, 1.54) is 6.42 Å². The molecule has 0 aromatic carbocycles. The molecule has 1 aliphatic rings. The first-order valence-electron chi connectivity index (χ1n) is 6.55. The zero-order valence-electron chi connectivity index (χ0n) is 11.0. The Hall–Kier alpha value is -0.710. The van der Waals surface area contributed by atoms with Crippen molar-refractivity contribution in [2.45, 2.75) is 44.9 Å². The van der Waals surface area contributed by atoms with E-state index in [0.717, 1.165) is 31.4 Å². The minimum absolute atomic E-state index is 0.0414. The molecule has 0 bridgehead atoms. The highest BCUT2D eigenvalue weighted by Crippen LogP contribution is 2.38. The number of carboxylic acids is 1. The summed E-state index contributed by atoms with van der Waals surface area (Å²) >= 11 is 1.65. The maximum Gasteiger partial charge on any atom is 0.303 e. The second-order valence-corrected chi connectivity index (χ2v) is 6.14. The van der Waals surface area contributed by atoms with Gasteiger partial charge in [0.05, 0.1) is 6.42 Å². The maximum absolute atomic E-state index is 11.6. The predicted octanol–water partition coefficient (Wildman–Crippen LogP) is 2.28. The summed E-state index contributed by atoms with van der Waals surface area (Å²) in [5.74, 6) is 0.104. The summed E-state index contributed by atoms with van der Waals surface area (Å²) in [4.78, 5) is 22.6. The van der Waals surface area contributed by atoms with E-state index in [2.05, 4.69) is 5.32 Å². The molecule has 0 spiro atoms. The number of rotatable bonds is 7. The minimum Gasteiger partial charge on any atom is -0.481 e. The summed E-state index contributed by atoms with van der Waals surface area (Å²) in [6.07, 6.45) is 7.84.